The third-order valence-electron chi connectivity index (χ3n) is 2.06. The van der Waals surface area contributed by atoms with Gasteiger partial charge in [0.2, 0.25) is 0 Å². The van der Waals surface area contributed by atoms with Gasteiger partial charge in [-0.05, 0) is 18.6 Å². The highest BCUT2D eigenvalue weighted by atomic mass is 79.9. The lowest BCUT2D eigenvalue weighted by atomic mass is 10.2. The fraction of sp³-hybridized carbons (Fsp3) is 0.400. The molecule has 1 aromatic rings. The molecule has 1 aliphatic heterocycles. The van der Waals surface area contributed by atoms with Gasteiger partial charge in [-0.15, -0.1) is 0 Å². The van der Waals surface area contributed by atoms with E-state index in [-0.39, 0.29) is 5.82 Å². The van der Waals surface area contributed by atoms with Crippen molar-refractivity contribution in [2.75, 3.05) is 13.2 Å². The molecule has 0 bridgehead atoms. The molecular formula is C10H10BrFO2. The molecule has 0 unspecified atom stereocenters. The maximum atomic E-state index is 13.4. The molecule has 0 aromatic heterocycles. The van der Waals surface area contributed by atoms with E-state index in [1.54, 1.807) is 12.1 Å². The van der Waals surface area contributed by atoms with Crippen LogP contribution in [0, 0.1) is 5.82 Å². The van der Waals surface area contributed by atoms with Crippen molar-refractivity contribution in [3.8, 4) is 0 Å². The van der Waals surface area contributed by atoms with E-state index in [0.29, 0.717) is 23.2 Å². The molecule has 0 aliphatic carbocycles. The summed E-state index contributed by atoms with van der Waals surface area (Å²) >= 11 is 3.28. The number of ether oxygens (including phenoxy) is 2. The summed E-state index contributed by atoms with van der Waals surface area (Å²) in [6, 6.07) is 4.83. The lowest BCUT2D eigenvalue weighted by Crippen LogP contribution is -2.19. The van der Waals surface area contributed by atoms with E-state index in [1.165, 1.54) is 6.07 Å². The second kappa shape index (κ2) is 4.38. The molecule has 0 spiro atoms. The summed E-state index contributed by atoms with van der Waals surface area (Å²) in [6.07, 6.45) is 0.294. The maximum Gasteiger partial charge on any atom is 0.187 e. The quantitative estimate of drug-likeness (QED) is 0.773. The van der Waals surface area contributed by atoms with Crippen LogP contribution in [-0.4, -0.2) is 13.2 Å². The van der Waals surface area contributed by atoms with Gasteiger partial charge in [0.25, 0.3) is 0 Å². The molecule has 14 heavy (non-hydrogen) atoms. The first-order valence-electron chi connectivity index (χ1n) is 4.46. The Hall–Kier alpha value is -0.450. The first-order valence-corrected chi connectivity index (χ1v) is 5.25. The molecule has 0 N–H and O–H groups in total. The predicted octanol–water partition coefficient (Wildman–Crippen LogP) is 3.02. The highest BCUT2D eigenvalue weighted by Crippen LogP contribution is 2.31. The zero-order chi connectivity index (χ0) is 9.97. The Bertz CT molecular complexity index is 304. The Kier molecular flexibility index (Phi) is 3.15. The first-order chi connectivity index (χ1) is 6.79. The van der Waals surface area contributed by atoms with E-state index in [0.717, 1.165) is 6.42 Å². The van der Waals surface area contributed by atoms with E-state index < -0.39 is 6.29 Å². The minimum Gasteiger partial charge on any atom is -0.348 e. The van der Waals surface area contributed by atoms with Gasteiger partial charge in [0.15, 0.2) is 6.29 Å². The monoisotopic (exact) mass is 260 g/mol. The normalized spacial score (nSPS) is 18.4. The van der Waals surface area contributed by atoms with Crippen molar-refractivity contribution in [3.63, 3.8) is 0 Å². The van der Waals surface area contributed by atoms with Gasteiger partial charge in [0.05, 0.1) is 18.8 Å². The molecule has 0 saturated carbocycles. The van der Waals surface area contributed by atoms with E-state index in [2.05, 4.69) is 15.9 Å². The van der Waals surface area contributed by atoms with Crippen LogP contribution in [0.1, 0.15) is 18.3 Å². The molecule has 1 aromatic carbocycles. The van der Waals surface area contributed by atoms with E-state index >= 15 is 0 Å². The number of hydrogen-bond acceptors (Lipinski definition) is 2. The molecule has 1 fully saturated rings. The highest BCUT2D eigenvalue weighted by Gasteiger charge is 2.22. The average molecular weight is 261 g/mol. The second-order valence-corrected chi connectivity index (χ2v) is 3.92. The molecule has 0 amide bonds. The molecular weight excluding hydrogens is 251 g/mol. The lowest BCUT2D eigenvalue weighted by molar-refractivity contribution is -0.184. The summed E-state index contributed by atoms with van der Waals surface area (Å²) in [5.41, 5.74) is 0.451. The molecule has 1 heterocycles. The van der Waals surface area contributed by atoms with Crippen molar-refractivity contribution in [1.29, 1.82) is 0 Å². The first kappa shape index (κ1) is 10.1. The summed E-state index contributed by atoms with van der Waals surface area (Å²) in [7, 11) is 0. The summed E-state index contributed by atoms with van der Waals surface area (Å²) in [5.74, 6) is -0.300. The van der Waals surface area contributed by atoms with Crippen molar-refractivity contribution in [3.05, 3.63) is 34.1 Å². The molecule has 2 rings (SSSR count). The Balaban J connectivity index is 2.29. The van der Waals surface area contributed by atoms with Gasteiger partial charge >= 0.3 is 0 Å². The zero-order valence-electron chi connectivity index (χ0n) is 7.50. The number of halogens is 2. The minimum absolute atomic E-state index is 0.300. The standard InChI is InChI=1S/C10H10BrFO2/c11-7-3-1-4-8(12)9(7)10-13-5-2-6-14-10/h1,3-4,10H,2,5-6H2. The van der Waals surface area contributed by atoms with E-state index in [4.69, 9.17) is 9.47 Å². The molecule has 2 nitrogen and oxygen atoms in total. The highest BCUT2D eigenvalue weighted by molar-refractivity contribution is 9.10. The van der Waals surface area contributed by atoms with Crippen LogP contribution in [0.5, 0.6) is 0 Å². The van der Waals surface area contributed by atoms with Crippen LogP contribution >= 0.6 is 15.9 Å². The Morgan fingerprint density at radius 1 is 1.29 bits per heavy atom. The minimum atomic E-state index is -0.570. The number of hydrogen-bond donors (Lipinski definition) is 0. The van der Waals surface area contributed by atoms with Crippen molar-refractivity contribution in [2.24, 2.45) is 0 Å². The van der Waals surface area contributed by atoms with E-state index in [1.807, 2.05) is 0 Å². The van der Waals surface area contributed by atoms with Gasteiger partial charge in [0.1, 0.15) is 5.82 Å². The van der Waals surface area contributed by atoms with Crippen LogP contribution in [-0.2, 0) is 9.47 Å². The van der Waals surface area contributed by atoms with Crippen molar-refractivity contribution in [1.82, 2.24) is 0 Å². The SMILES string of the molecule is Fc1cccc(Br)c1C1OCCCO1. The van der Waals surface area contributed by atoms with Gasteiger partial charge < -0.3 is 9.47 Å². The van der Waals surface area contributed by atoms with Crippen LogP contribution in [0.2, 0.25) is 0 Å². The molecule has 0 atom stereocenters. The zero-order valence-corrected chi connectivity index (χ0v) is 9.09. The van der Waals surface area contributed by atoms with Gasteiger partial charge in [-0.2, -0.15) is 0 Å². The summed E-state index contributed by atoms with van der Waals surface area (Å²) in [5, 5.41) is 0. The third-order valence-corrected chi connectivity index (χ3v) is 2.75. The number of rotatable bonds is 1. The Labute approximate surface area is 90.1 Å². The van der Waals surface area contributed by atoms with Crippen LogP contribution in [0.25, 0.3) is 0 Å². The van der Waals surface area contributed by atoms with Gasteiger partial charge in [-0.25, -0.2) is 4.39 Å². The van der Waals surface area contributed by atoms with Crippen molar-refractivity contribution >= 4 is 15.9 Å². The predicted molar refractivity (Wildman–Crippen MR) is 53.4 cm³/mol. The van der Waals surface area contributed by atoms with Crippen LogP contribution < -0.4 is 0 Å². The van der Waals surface area contributed by atoms with Crippen LogP contribution in [0.15, 0.2) is 22.7 Å². The lowest BCUT2D eigenvalue weighted by Gasteiger charge is -2.24. The summed E-state index contributed by atoms with van der Waals surface area (Å²) < 4.78 is 24.8. The molecule has 1 aliphatic rings. The topological polar surface area (TPSA) is 18.5 Å². The molecule has 76 valence electrons. The van der Waals surface area contributed by atoms with Crippen LogP contribution in [0.4, 0.5) is 4.39 Å². The maximum absolute atomic E-state index is 13.4. The summed E-state index contributed by atoms with van der Waals surface area (Å²) in [6.45, 7) is 1.23. The van der Waals surface area contributed by atoms with Crippen molar-refractivity contribution in [2.45, 2.75) is 12.7 Å². The van der Waals surface area contributed by atoms with Crippen molar-refractivity contribution < 1.29 is 13.9 Å². The van der Waals surface area contributed by atoms with Gasteiger partial charge in [-0.1, -0.05) is 22.0 Å². The molecule has 0 radical (unpaired) electrons. The fourth-order valence-electron chi connectivity index (χ4n) is 1.39. The average Bonchev–Trinajstić information content (AvgIpc) is 2.19. The van der Waals surface area contributed by atoms with E-state index in [9.17, 15) is 4.39 Å². The molecule has 4 heteroatoms. The Morgan fingerprint density at radius 2 is 2.00 bits per heavy atom. The molecule has 1 saturated heterocycles. The second-order valence-electron chi connectivity index (χ2n) is 3.06. The fourth-order valence-corrected chi connectivity index (χ4v) is 1.92. The van der Waals surface area contributed by atoms with Gasteiger partial charge in [-0.3, -0.25) is 0 Å². The Morgan fingerprint density at radius 3 is 2.64 bits per heavy atom. The summed E-state index contributed by atoms with van der Waals surface area (Å²) in [4.78, 5) is 0. The van der Waals surface area contributed by atoms with Crippen LogP contribution in [0.3, 0.4) is 0 Å². The van der Waals surface area contributed by atoms with Gasteiger partial charge in [0, 0.05) is 4.47 Å². The number of benzene rings is 1. The smallest absolute Gasteiger partial charge is 0.187 e. The largest absolute Gasteiger partial charge is 0.348 e. The third kappa shape index (κ3) is 1.97.